The van der Waals surface area contributed by atoms with E-state index in [0.29, 0.717) is 32.3 Å². The predicted molar refractivity (Wildman–Crippen MR) is 116 cm³/mol. The van der Waals surface area contributed by atoms with Gasteiger partial charge in [-0.15, -0.1) is 0 Å². The molecule has 0 aromatic carbocycles. The van der Waals surface area contributed by atoms with Gasteiger partial charge in [0.25, 0.3) is 0 Å². The summed E-state index contributed by atoms with van der Waals surface area (Å²) in [7, 11) is 0. The third-order valence-corrected chi connectivity index (χ3v) is 6.58. The quantitative estimate of drug-likeness (QED) is 0.217. The Labute approximate surface area is 175 Å². The van der Waals surface area contributed by atoms with Crippen molar-refractivity contribution in [3.63, 3.8) is 0 Å². The Morgan fingerprint density at radius 2 is 1.14 bits per heavy atom. The van der Waals surface area contributed by atoms with Gasteiger partial charge in [-0.2, -0.15) is 0 Å². The van der Waals surface area contributed by atoms with Gasteiger partial charge in [-0.25, -0.2) is 0 Å². The van der Waals surface area contributed by atoms with E-state index in [1.54, 1.807) is 0 Å². The first-order valence-electron chi connectivity index (χ1n) is 12.1. The zero-order valence-corrected chi connectivity index (χ0v) is 19.6. The first-order valence-corrected chi connectivity index (χ1v) is 12.1. The summed E-state index contributed by atoms with van der Waals surface area (Å²) in [5.41, 5.74) is -0.258. The number of ether oxygens (including phenoxy) is 4. The number of hydrogen-bond acceptors (Lipinski definition) is 4. The molecular formula is C24H48O4. The highest BCUT2D eigenvalue weighted by Crippen LogP contribution is 2.50. The number of hydrogen-bond donors (Lipinski definition) is 0. The van der Waals surface area contributed by atoms with Crippen LogP contribution in [-0.2, 0) is 18.9 Å². The van der Waals surface area contributed by atoms with Crippen LogP contribution in [0, 0.1) is 17.3 Å². The molecule has 0 heterocycles. The van der Waals surface area contributed by atoms with Crippen molar-refractivity contribution in [3.8, 4) is 0 Å². The summed E-state index contributed by atoms with van der Waals surface area (Å²) in [5.74, 6) is 1.39. The van der Waals surface area contributed by atoms with Crippen molar-refractivity contribution in [2.45, 2.75) is 112 Å². The Kier molecular flexibility index (Phi) is 13.6. The Morgan fingerprint density at radius 1 is 0.679 bits per heavy atom. The van der Waals surface area contributed by atoms with Crippen LogP contribution in [0.2, 0.25) is 0 Å². The molecule has 4 nitrogen and oxygen atoms in total. The zero-order valence-electron chi connectivity index (χ0n) is 19.6. The maximum Gasteiger partial charge on any atom is 0.168 e. The summed E-state index contributed by atoms with van der Waals surface area (Å²) in [4.78, 5) is 0. The molecule has 1 aliphatic carbocycles. The van der Waals surface area contributed by atoms with Gasteiger partial charge < -0.3 is 18.9 Å². The molecule has 0 aromatic rings. The molecule has 1 saturated carbocycles. The average molecular weight is 401 g/mol. The maximum absolute atomic E-state index is 6.19. The standard InChI is InChI=1S/C24H48O4/c1-7-13-14-15-20-16-18-21(19-17-20)24(8-2,22(25-9-3)26-10-4)23(27-11-5)28-12-6/h20-23H,7-19H2,1-6H3/t20-,21-. The van der Waals surface area contributed by atoms with Crippen molar-refractivity contribution in [1.82, 2.24) is 0 Å². The van der Waals surface area contributed by atoms with Crippen LogP contribution < -0.4 is 0 Å². The van der Waals surface area contributed by atoms with E-state index in [1.165, 1.54) is 51.4 Å². The van der Waals surface area contributed by atoms with Gasteiger partial charge in [-0.1, -0.05) is 52.4 Å². The number of unbranched alkanes of at least 4 members (excludes halogenated alkanes) is 2. The topological polar surface area (TPSA) is 36.9 Å². The van der Waals surface area contributed by atoms with E-state index in [0.717, 1.165) is 12.3 Å². The summed E-state index contributed by atoms with van der Waals surface area (Å²) in [6.07, 6.45) is 10.9. The molecule has 4 heteroatoms. The Morgan fingerprint density at radius 3 is 1.50 bits per heavy atom. The van der Waals surface area contributed by atoms with Crippen LogP contribution in [-0.4, -0.2) is 39.0 Å². The molecule has 0 saturated heterocycles. The minimum absolute atomic E-state index is 0.258. The lowest BCUT2D eigenvalue weighted by Gasteiger charge is -2.50. The minimum atomic E-state index is -0.280. The summed E-state index contributed by atoms with van der Waals surface area (Å²) in [5, 5.41) is 0. The first kappa shape index (κ1) is 25.9. The van der Waals surface area contributed by atoms with Gasteiger partial charge in [0.1, 0.15) is 0 Å². The monoisotopic (exact) mass is 400 g/mol. The summed E-state index contributed by atoms with van der Waals surface area (Å²) in [6.45, 7) is 15.3. The van der Waals surface area contributed by atoms with Crippen molar-refractivity contribution < 1.29 is 18.9 Å². The van der Waals surface area contributed by atoms with Crippen molar-refractivity contribution in [3.05, 3.63) is 0 Å². The number of rotatable bonds is 16. The van der Waals surface area contributed by atoms with Crippen molar-refractivity contribution in [2.75, 3.05) is 26.4 Å². The molecule has 1 aliphatic rings. The molecule has 0 aromatic heterocycles. The largest absolute Gasteiger partial charge is 0.352 e. The molecule has 28 heavy (non-hydrogen) atoms. The second-order valence-corrected chi connectivity index (χ2v) is 8.16. The molecule has 0 bridgehead atoms. The van der Waals surface area contributed by atoms with Crippen LogP contribution in [0.5, 0.6) is 0 Å². The van der Waals surface area contributed by atoms with E-state index in [1.807, 2.05) is 27.7 Å². The Hall–Kier alpha value is -0.160. The van der Waals surface area contributed by atoms with E-state index in [-0.39, 0.29) is 18.0 Å². The Balaban J connectivity index is 3.04. The van der Waals surface area contributed by atoms with Crippen LogP contribution in [0.4, 0.5) is 0 Å². The lowest BCUT2D eigenvalue weighted by Crippen LogP contribution is -2.55. The van der Waals surface area contributed by atoms with Gasteiger partial charge in [0.2, 0.25) is 0 Å². The fourth-order valence-electron chi connectivity index (χ4n) is 5.11. The smallest absolute Gasteiger partial charge is 0.168 e. The molecule has 0 amide bonds. The van der Waals surface area contributed by atoms with Crippen molar-refractivity contribution >= 4 is 0 Å². The minimum Gasteiger partial charge on any atom is -0.352 e. The van der Waals surface area contributed by atoms with E-state index in [4.69, 9.17) is 18.9 Å². The molecule has 0 atom stereocenters. The van der Waals surface area contributed by atoms with Crippen molar-refractivity contribution in [1.29, 1.82) is 0 Å². The highest BCUT2D eigenvalue weighted by atomic mass is 16.7. The van der Waals surface area contributed by atoms with E-state index >= 15 is 0 Å². The van der Waals surface area contributed by atoms with Crippen LogP contribution in [0.25, 0.3) is 0 Å². The summed E-state index contributed by atoms with van der Waals surface area (Å²) >= 11 is 0. The molecule has 1 fully saturated rings. The fourth-order valence-corrected chi connectivity index (χ4v) is 5.11. The van der Waals surface area contributed by atoms with Crippen molar-refractivity contribution in [2.24, 2.45) is 17.3 Å². The summed E-state index contributed by atoms with van der Waals surface area (Å²) < 4.78 is 24.8. The average Bonchev–Trinajstić information content (AvgIpc) is 2.71. The molecule has 0 aliphatic heterocycles. The van der Waals surface area contributed by atoms with Crippen LogP contribution in [0.1, 0.15) is 99.3 Å². The van der Waals surface area contributed by atoms with E-state index in [9.17, 15) is 0 Å². The second-order valence-electron chi connectivity index (χ2n) is 8.16. The molecule has 0 N–H and O–H groups in total. The van der Waals surface area contributed by atoms with Crippen LogP contribution >= 0.6 is 0 Å². The fraction of sp³-hybridized carbons (Fsp3) is 1.00. The molecular weight excluding hydrogens is 352 g/mol. The lowest BCUT2D eigenvalue weighted by molar-refractivity contribution is -0.313. The highest BCUT2D eigenvalue weighted by Gasteiger charge is 2.53. The van der Waals surface area contributed by atoms with Crippen LogP contribution in [0.15, 0.2) is 0 Å². The molecule has 0 unspecified atom stereocenters. The molecule has 0 radical (unpaired) electrons. The molecule has 168 valence electrons. The molecule has 1 rings (SSSR count). The first-order chi connectivity index (χ1) is 13.6. The van der Waals surface area contributed by atoms with Gasteiger partial charge in [0.05, 0.1) is 5.41 Å². The third-order valence-electron chi connectivity index (χ3n) is 6.58. The SMILES string of the molecule is CCCCC[C@H]1CC[C@H](C(CC)(C(OCC)OCC)C(OCC)OCC)CC1. The van der Waals surface area contributed by atoms with Gasteiger partial charge >= 0.3 is 0 Å². The highest BCUT2D eigenvalue weighted by molar-refractivity contribution is 4.94. The zero-order chi connectivity index (χ0) is 20.8. The van der Waals surface area contributed by atoms with Crippen LogP contribution in [0.3, 0.4) is 0 Å². The third kappa shape index (κ3) is 6.97. The Bertz CT molecular complexity index is 338. The molecule has 0 spiro atoms. The van der Waals surface area contributed by atoms with Gasteiger partial charge in [0, 0.05) is 26.4 Å². The maximum atomic E-state index is 6.19. The van der Waals surface area contributed by atoms with Gasteiger partial charge in [-0.3, -0.25) is 0 Å². The lowest BCUT2D eigenvalue weighted by atomic mass is 9.63. The van der Waals surface area contributed by atoms with E-state index in [2.05, 4.69) is 13.8 Å². The van der Waals surface area contributed by atoms with Gasteiger partial charge in [-0.05, 0) is 58.8 Å². The summed E-state index contributed by atoms with van der Waals surface area (Å²) in [6, 6.07) is 0. The van der Waals surface area contributed by atoms with Gasteiger partial charge in [0.15, 0.2) is 12.6 Å². The van der Waals surface area contributed by atoms with E-state index < -0.39 is 0 Å². The normalized spacial score (nSPS) is 21.0. The second kappa shape index (κ2) is 14.8. The predicted octanol–water partition coefficient (Wildman–Crippen LogP) is 6.57.